The molecule has 3 aliphatic rings. The monoisotopic (exact) mass is 321 g/mol. The molecule has 2 aliphatic carbocycles. The average Bonchev–Trinajstić information content (AvgIpc) is 3.13. The van der Waals surface area contributed by atoms with Gasteiger partial charge in [0, 0.05) is 6.04 Å². The van der Waals surface area contributed by atoms with Crippen LogP contribution in [0.1, 0.15) is 60.8 Å². The van der Waals surface area contributed by atoms with Crippen LogP contribution >= 0.6 is 0 Å². The first kappa shape index (κ1) is 14.7. The molecule has 0 spiro atoms. The lowest BCUT2D eigenvalue weighted by atomic mass is 9.97. The molecule has 1 saturated heterocycles. The SMILES string of the molecule is Fc1cc(-c2ccc3c(c2)CCC3N2CCCC2)ccc1C1CC1. The third-order valence-electron chi connectivity index (χ3n) is 6.12. The van der Waals surface area contributed by atoms with Gasteiger partial charge in [-0.05, 0) is 91.4 Å². The highest BCUT2D eigenvalue weighted by Crippen LogP contribution is 2.43. The van der Waals surface area contributed by atoms with Crippen LogP contribution in [0.15, 0.2) is 36.4 Å². The fourth-order valence-electron chi connectivity index (χ4n) is 4.64. The zero-order chi connectivity index (χ0) is 16.1. The molecule has 1 saturated carbocycles. The molecule has 1 atom stereocenters. The minimum absolute atomic E-state index is 0.0227. The second-order valence-electron chi connectivity index (χ2n) is 7.72. The van der Waals surface area contributed by atoms with Crippen LogP contribution in [0.5, 0.6) is 0 Å². The molecule has 0 bridgehead atoms. The molecule has 1 nitrogen and oxygen atoms in total. The molecule has 0 aromatic heterocycles. The molecule has 0 N–H and O–H groups in total. The van der Waals surface area contributed by atoms with Crippen molar-refractivity contribution in [2.45, 2.75) is 50.5 Å². The van der Waals surface area contributed by atoms with Crippen LogP contribution in [0.3, 0.4) is 0 Å². The molecule has 1 unspecified atom stereocenters. The highest BCUT2D eigenvalue weighted by Gasteiger charge is 2.30. The van der Waals surface area contributed by atoms with Crippen molar-refractivity contribution in [3.63, 3.8) is 0 Å². The van der Waals surface area contributed by atoms with Crippen LogP contribution in [-0.4, -0.2) is 18.0 Å². The standard InChI is InChI=1S/C22H24FN/c23-21-14-17(5-8-19(21)15-3-4-15)16-6-9-20-18(13-16)7-10-22(20)24-11-1-2-12-24/h5-6,8-9,13-15,22H,1-4,7,10-12H2. The molecule has 24 heavy (non-hydrogen) atoms. The summed E-state index contributed by atoms with van der Waals surface area (Å²) in [5, 5.41) is 0. The van der Waals surface area contributed by atoms with Gasteiger partial charge in [0.2, 0.25) is 0 Å². The van der Waals surface area contributed by atoms with Crippen molar-refractivity contribution in [1.29, 1.82) is 0 Å². The van der Waals surface area contributed by atoms with Crippen LogP contribution < -0.4 is 0 Å². The summed E-state index contributed by atoms with van der Waals surface area (Å²) in [6.07, 6.45) is 7.38. The first-order chi connectivity index (χ1) is 11.8. The van der Waals surface area contributed by atoms with Crippen LogP contribution in [0.2, 0.25) is 0 Å². The van der Waals surface area contributed by atoms with E-state index >= 15 is 0 Å². The van der Waals surface area contributed by atoms with E-state index in [1.165, 1.54) is 43.5 Å². The van der Waals surface area contributed by atoms with Gasteiger partial charge in [-0.25, -0.2) is 4.39 Å². The quantitative estimate of drug-likeness (QED) is 0.726. The van der Waals surface area contributed by atoms with E-state index in [-0.39, 0.29) is 5.82 Å². The fraction of sp³-hybridized carbons (Fsp3) is 0.455. The molecule has 0 amide bonds. The van der Waals surface area contributed by atoms with Crippen molar-refractivity contribution in [2.75, 3.05) is 13.1 Å². The highest BCUT2D eigenvalue weighted by molar-refractivity contribution is 5.66. The lowest BCUT2D eigenvalue weighted by molar-refractivity contribution is 0.245. The van der Waals surface area contributed by atoms with Crippen LogP contribution in [0, 0.1) is 5.82 Å². The van der Waals surface area contributed by atoms with E-state index in [9.17, 15) is 4.39 Å². The minimum atomic E-state index is -0.0227. The Labute approximate surface area is 143 Å². The Morgan fingerprint density at radius 3 is 2.25 bits per heavy atom. The summed E-state index contributed by atoms with van der Waals surface area (Å²) in [7, 11) is 0. The number of aryl methyl sites for hydroxylation is 1. The molecular formula is C22H24FN. The maximum absolute atomic E-state index is 14.4. The van der Waals surface area contributed by atoms with Gasteiger partial charge in [0.05, 0.1) is 0 Å². The predicted octanol–water partition coefficient (Wildman–Crippen LogP) is 5.45. The summed E-state index contributed by atoms with van der Waals surface area (Å²) >= 11 is 0. The van der Waals surface area contributed by atoms with Gasteiger partial charge >= 0.3 is 0 Å². The largest absolute Gasteiger partial charge is 0.296 e. The van der Waals surface area contributed by atoms with Crippen LogP contribution in [0.4, 0.5) is 4.39 Å². The number of fused-ring (bicyclic) bond motifs is 1. The van der Waals surface area contributed by atoms with E-state index in [1.54, 1.807) is 6.07 Å². The van der Waals surface area contributed by atoms with Gasteiger partial charge in [0.25, 0.3) is 0 Å². The number of benzene rings is 2. The lowest BCUT2D eigenvalue weighted by Gasteiger charge is -2.24. The average molecular weight is 321 g/mol. The van der Waals surface area contributed by atoms with Crippen LogP contribution in [0.25, 0.3) is 11.1 Å². The van der Waals surface area contributed by atoms with Gasteiger partial charge in [0.1, 0.15) is 5.82 Å². The maximum Gasteiger partial charge on any atom is 0.127 e. The normalized spacial score (nSPS) is 23.6. The smallest absolute Gasteiger partial charge is 0.127 e. The number of halogens is 1. The van der Waals surface area contributed by atoms with Crippen LogP contribution in [-0.2, 0) is 6.42 Å². The molecule has 1 heterocycles. The summed E-state index contributed by atoms with van der Waals surface area (Å²) < 4.78 is 14.4. The third-order valence-corrected chi connectivity index (χ3v) is 6.12. The topological polar surface area (TPSA) is 3.24 Å². The van der Waals surface area contributed by atoms with E-state index in [0.717, 1.165) is 36.0 Å². The van der Waals surface area contributed by atoms with E-state index in [1.807, 2.05) is 6.07 Å². The van der Waals surface area contributed by atoms with E-state index in [0.29, 0.717) is 12.0 Å². The van der Waals surface area contributed by atoms with Crippen molar-refractivity contribution in [2.24, 2.45) is 0 Å². The Morgan fingerprint density at radius 1 is 0.833 bits per heavy atom. The summed E-state index contributed by atoms with van der Waals surface area (Å²) in [6, 6.07) is 13.3. The molecule has 2 aromatic rings. The van der Waals surface area contributed by atoms with Crippen molar-refractivity contribution in [3.05, 3.63) is 58.9 Å². The Hall–Kier alpha value is -1.67. The minimum Gasteiger partial charge on any atom is -0.296 e. The summed E-state index contributed by atoms with van der Waals surface area (Å²) in [5.41, 5.74) is 6.07. The number of nitrogens with zero attached hydrogens (tertiary/aromatic N) is 1. The second kappa shape index (κ2) is 5.70. The van der Waals surface area contributed by atoms with E-state index in [4.69, 9.17) is 0 Å². The highest BCUT2D eigenvalue weighted by atomic mass is 19.1. The van der Waals surface area contributed by atoms with E-state index in [2.05, 4.69) is 29.2 Å². The Bertz CT molecular complexity index is 772. The van der Waals surface area contributed by atoms with Crippen molar-refractivity contribution >= 4 is 0 Å². The van der Waals surface area contributed by atoms with Crippen molar-refractivity contribution in [3.8, 4) is 11.1 Å². The Morgan fingerprint density at radius 2 is 1.54 bits per heavy atom. The van der Waals surface area contributed by atoms with Gasteiger partial charge in [-0.1, -0.05) is 30.3 Å². The van der Waals surface area contributed by atoms with Gasteiger partial charge in [0.15, 0.2) is 0 Å². The van der Waals surface area contributed by atoms with Gasteiger partial charge in [-0.15, -0.1) is 0 Å². The molecule has 2 aromatic carbocycles. The summed E-state index contributed by atoms with van der Waals surface area (Å²) in [5.74, 6) is 0.450. The summed E-state index contributed by atoms with van der Waals surface area (Å²) in [4.78, 5) is 2.65. The molecular weight excluding hydrogens is 297 g/mol. The van der Waals surface area contributed by atoms with Gasteiger partial charge < -0.3 is 0 Å². The first-order valence-electron chi connectivity index (χ1n) is 9.46. The number of hydrogen-bond donors (Lipinski definition) is 0. The molecule has 2 fully saturated rings. The Kier molecular flexibility index (Phi) is 3.48. The van der Waals surface area contributed by atoms with E-state index < -0.39 is 0 Å². The zero-order valence-electron chi connectivity index (χ0n) is 14.1. The molecule has 124 valence electrons. The van der Waals surface area contributed by atoms with Gasteiger partial charge in [-0.3, -0.25) is 4.90 Å². The number of hydrogen-bond acceptors (Lipinski definition) is 1. The maximum atomic E-state index is 14.4. The van der Waals surface area contributed by atoms with Gasteiger partial charge in [-0.2, -0.15) is 0 Å². The molecule has 2 heteroatoms. The Balaban J connectivity index is 1.45. The number of rotatable bonds is 3. The predicted molar refractivity (Wildman–Crippen MR) is 95.7 cm³/mol. The molecule has 1 aliphatic heterocycles. The summed E-state index contributed by atoms with van der Waals surface area (Å²) in [6.45, 7) is 2.50. The first-order valence-corrected chi connectivity index (χ1v) is 9.46. The molecule has 0 radical (unpaired) electrons. The molecule has 5 rings (SSSR count). The van der Waals surface area contributed by atoms with Crippen molar-refractivity contribution in [1.82, 2.24) is 4.90 Å². The van der Waals surface area contributed by atoms with Crippen molar-refractivity contribution < 1.29 is 4.39 Å². The zero-order valence-corrected chi connectivity index (χ0v) is 14.1. The third kappa shape index (κ3) is 2.48. The lowest BCUT2D eigenvalue weighted by Crippen LogP contribution is -2.23. The second-order valence-corrected chi connectivity index (χ2v) is 7.72. The number of likely N-dealkylation sites (tertiary alicyclic amines) is 1. The fourth-order valence-corrected chi connectivity index (χ4v) is 4.64.